The van der Waals surface area contributed by atoms with E-state index in [0.717, 1.165) is 0 Å². The number of hydrogen-bond acceptors (Lipinski definition) is 6. The summed E-state index contributed by atoms with van der Waals surface area (Å²) in [5, 5.41) is 2.22. The van der Waals surface area contributed by atoms with E-state index in [1.165, 1.54) is 22.6 Å². The fraction of sp³-hybridized carbons (Fsp3) is 0.500. The number of anilines is 1. The van der Waals surface area contributed by atoms with Gasteiger partial charge in [0.1, 0.15) is 11.3 Å². The number of benzene rings is 1. The molecule has 2 aliphatic rings. The largest absolute Gasteiger partial charge is 0.462 e. The third-order valence-corrected chi connectivity index (χ3v) is 6.20. The third-order valence-electron chi connectivity index (χ3n) is 6.20. The van der Waals surface area contributed by atoms with Crippen LogP contribution >= 0.6 is 0 Å². The zero-order valence-corrected chi connectivity index (χ0v) is 18.1. The van der Waals surface area contributed by atoms with Gasteiger partial charge in [0, 0.05) is 31.9 Å². The molecule has 0 radical (unpaired) electrons. The molecule has 1 aromatic carbocycles. The van der Waals surface area contributed by atoms with E-state index in [1.807, 2.05) is 0 Å². The molecule has 32 heavy (non-hydrogen) atoms. The Hall–Kier alpha value is -2.88. The van der Waals surface area contributed by atoms with Crippen molar-refractivity contribution in [3.05, 3.63) is 39.4 Å². The quantitative estimate of drug-likeness (QED) is 0.556. The highest BCUT2D eigenvalue weighted by Crippen LogP contribution is 2.41. The number of hydrogen-bond donors (Lipinski definition) is 1. The van der Waals surface area contributed by atoms with Crippen LogP contribution in [0.3, 0.4) is 0 Å². The van der Waals surface area contributed by atoms with Crippen LogP contribution in [-0.4, -0.2) is 48.1 Å². The van der Waals surface area contributed by atoms with Crippen molar-refractivity contribution in [2.24, 2.45) is 0 Å². The molecule has 172 valence electrons. The molecule has 1 unspecified atom stereocenters. The Morgan fingerprint density at radius 1 is 1.22 bits per heavy atom. The number of esters is 1. The number of carbonyl (C=O) groups is 2. The van der Waals surface area contributed by atoms with Crippen molar-refractivity contribution in [3.63, 3.8) is 0 Å². The molecule has 10 heteroatoms. The highest BCUT2D eigenvalue weighted by atomic mass is 19.2. The van der Waals surface area contributed by atoms with Gasteiger partial charge in [0.25, 0.3) is 0 Å². The van der Waals surface area contributed by atoms with Crippen LogP contribution in [0.15, 0.2) is 11.0 Å². The number of pyridine rings is 1. The van der Waals surface area contributed by atoms with Gasteiger partial charge >= 0.3 is 5.97 Å². The fourth-order valence-corrected chi connectivity index (χ4v) is 4.17. The van der Waals surface area contributed by atoms with Crippen LogP contribution in [0.25, 0.3) is 10.9 Å². The zero-order chi connectivity index (χ0) is 23.4. The van der Waals surface area contributed by atoms with Crippen molar-refractivity contribution < 1.29 is 27.5 Å². The number of Topliss-reactive ketones (excluding diaryl/α,β-unsaturated/α-hetero) is 1. The second-order valence-corrected chi connectivity index (χ2v) is 8.48. The van der Waals surface area contributed by atoms with Gasteiger partial charge in [0.2, 0.25) is 5.43 Å². The Balaban J connectivity index is 1.98. The first-order valence-corrected chi connectivity index (χ1v) is 10.5. The first-order valence-electron chi connectivity index (χ1n) is 10.5. The number of piperazine rings is 1. The molecule has 4 rings (SSSR count). The maximum atomic E-state index is 15.8. The van der Waals surface area contributed by atoms with Gasteiger partial charge in [-0.15, -0.1) is 0 Å². The standard InChI is InChI=1S/C22H24F3N3O4/c1-4-32-21(31)13-9-28(12-5-6-12)18-14(20(13)30)15(23)16(24)19(17(18)25)27-8-7-26-22(3,10-27)11(2)29/h9,12,26H,4-8,10H2,1-3H3. The normalized spacial score (nSPS) is 21.1. The smallest absolute Gasteiger partial charge is 0.343 e. The van der Waals surface area contributed by atoms with Crippen molar-refractivity contribution in [2.45, 2.75) is 45.2 Å². The van der Waals surface area contributed by atoms with Crippen LogP contribution in [0.2, 0.25) is 0 Å². The first kappa shape index (κ1) is 22.3. The van der Waals surface area contributed by atoms with Crippen molar-refractivity contribution in [1.82, 2.24) is 9.88 Å². The fourth-order valence-electron chi connectivity index (χ4n) is 4.17. The summed E-state index contributed by atoms with van der Waals surface area (Å²) in [6.45, 7) is 4.83. The van der Waals surface area contributed by atoms with Crippen LogP contribution in [0.4, 0.5) is 18.9 Å². The Labute approximate surface area is 182 Å². The third kappa shape index (κ3) is 3.46. The van der Waals surface area contributed by atoms with Crippen molar-refractivity contribution in [2.75, 3.05) is 31.1 Å². The number of fused-ring (bicyclic) bond motifs is 1. The molecule has 1 saturated carbocycles. The lowest BCUT2D eigenvalue weighted by atomic mass is 9.94. The molecular weight excluding hydrogens is 427 g/mol. The SMILES string of the molecule is CCOC(=O)c1cn(C2CC2)c2c(F)c(N3CCNC(C)(C(C)=O)C3)c(F)c(F)c2c1=O. The van der Waals surface area contributed by atoms with Gasteiger partial charge in [0.15, 0.2) is 23.2 Å². The lowest BCUT2D eigenvalue weighted by Gasteiger charge is -2.41. The number of nitrogens with one attached hydrogen (secondary N) is 1. The van der Waals surface area contributed by atoms with Gasteiger partial charge in [0.05, 0.1) is 23.0 Å². The predicted molar refractivity (Wildman–Crippen MR) is 112 cm³/mol. The van der Waals surface area contributed by atoms with Crippen molar-refractivity contribution in [3.8, 4) is 0 Å². The number of carbonyl (C=O) groups excluding carboxylic acids is 2. The van der Waals surface area contributed by atoms with E-state index < -0.39 is 51.0 Å². The van der Waals surface area contributed by atoms with Crippen LogP contribution < -0.4 is 15.6 Å². The second kappa shape index (κ2) is 7.91. The van der Waals surface area contributed by atoms with Gasteiger partial charge < -0.3 is 19.5 Å². The molecule has 1 saturated heterocycles. The maximum absolute atomic E-state index is 15.8. The van der Waals surface area contributed by atoms with Crippen LogP contribution in [0.5, 0.6) is 0 Å². The van der Waals surface area contributed by atoms with E-state index in [1.54, 1.807) is 13.8 Å². The number of nitrogens with zero attached hydrogens (tertiary/aromatic N) is 2. The number of aromatic nitrogens is 1. The monoisotopic (exact) mass is 451 g/mol. The summed E-state index contributed by atoms with van der Waals surface area (Å²) in [6, 6.07) is -0.246. The second-order valence-electron chi connectivity index (χ2n) is 8.48. The summed E-state index contributed by atoms with van der Waals surface area (Å²) >= 11 is 0. The topological polar surface area (TPSA) is 80.6 Å². The van der Waals surface area contributed by atoms with Crippen LogP contribution in [0.1, 0.15) is 50.0 Å². The highest BCUT2D eigenvalue weighted by Gasteiger charge is 2.39. The van der Waals surface area contributed by atoms with E-state index in [4.69, 9.17) is 4.74 Å². The van der Waals surface area contributed by atoms with Gasteiger partial charge in [-0.05, 0) is 33.6 Å². The Morgan fingerprint density at radius 2 is 1.91 bits per heavy atom. The Morgan fingerprint density at radius 3 is 2.50 bits per heavy atom. The van der Waals surface area contributed by atoms with Gasteiger partial charge in [-0.2, -0.15) is 0 Å². The van der Waals surface area contributed by atoms with Crippen LogP contribution in [-0.2, 0) is 9.53 Å². The highest BCUT2D eigenvalue weighted by molar-refractivity contribution is 5.95. The van der Waals surface area contributed by atoms with Gasteiger partial charge in [-0.25, -0.2) is 18.0 Å². The number of rotatable bonds is 5. The molecule has 0 spiro atoms. The first-order chi connectivity index (χ1) is 15.1. The van der Waals surface area contributed by atoms with E-state index in [-0.39, 0.29) is 43.6 Å². The lowest BCUT2D eigenvalue weighted by molar-refractivity contribution is -0.122. The minimum atomic E-state index is -1.52. The molecule has 1 atom stereocenters. The van der Waals surface area contributed by atoms with E-state index in [0.29, 0.717) is 12.8 Å². The summed E-state index contributed by atoms with van der Waals surface area (Å²) in [5.41, 5.74) is -3.66. The molecule has 0 bridgehead atoms. The zero-order valence-electron chi connectivity index (χ0n) is 18.1. The van der Waals surface area contributed by atoms with Crippen LogP contribution in [0, 0.1) is 17.5 Å². The van der Waals surface area contributed by atoms with E-state index >= 15 is 13.2 Å². The summed E-state index contributed by atoms with van der Waals surface area (Å²) in [6.07, 6.45) is 2.45. The Kier molecular flexibility index (Phi) is 5.52. The van der Waals surface area contributed by atoms with Crippen molar-refractivity contribution >= 4 is 28.3 Å². The summed E-state index contributed by atoms with van der Waals surface area (Å²) < 4.78 is 52.5. The maximum Gasteiger partial charge on any atom is 0.343 e. The molecule has 1 aliphatic carbocycles. The summed E-state index contributed by atoms with van der Waals surface area (Å²) in [5.74, 6) is -5.34. The molecule has 2 heterocycles. The molecule has 1 N–H and O–H groups in total. The van der Waals surface area contributed by atoms with Gasteiger partial charge in [-0.1, -0.05) is 0 Å². The molecule has 7 nitrogen and oxygen atoms in total. The van der Waals surface area contributed by atoms with E-state index in [2.05, 4.69) is 5.32 Å². The van der Waals surface area contributed by atoms with E-state index in [9.17, 15) is 14.4 Å². The number of ether oxygens (including phenoxy) is 1. The average Bonchev–Trinajstić information content (AvgIpc) is 3.57. The van der Waals surface area contributed by atoms with Gasteiger partial charge in [-0.3, -0.25) is 9.59 Å². The molecule has 1 aromatic heterocycles. The average molecular weight is 451 g/mol. The minimum Gasteiger partial charge on any atom is -0.462 e. The molecule has 2 aromatic rings. The predicted octanol–water partition coefficient (Wildman–Crippen LogP) is 2.69. The molecule has 1 aliphatic heterocycles. The number of ketones is 1. The molecular formula is C22H24F3N3O4. The van der Waals surface area contributed by atoms with Crippen molar-refractivity contribution in [1.29, 1.82) is 0 Å². The summed E-state index contributed by atoms with van der Waals surface area (Å²) in [4.78, 5) is 38.5. The molecule has 0 amide bonds. The number of halogens is 3. The summed E-state index contributed by atoms with van der Waals surface area (Å²) in [7, 11) is 0. The molecule has 2 fully saturated rings. The lowest BCUT2D eigenvalue weighted by Crippen LogP contribution is -2.62. The Bertz CT molecular complexity index is 1190. The minimum absolute atomic E-state index is 0.0121.